The van der Waals surface area contributed by atoms with Crippen LogP contribution in [0.1, 0.15) is 17.8 Å². The average Bonchev–Trinajstić information content (AvgIpc) is 3.10. The van der Waals surface area contributed by atoms with Gasteiger partial charge in [-0.2, -0.15) is 0 Å². The highest BCUT2D eigenvalue weighted by atomic mass is 35.5. The zero-order chi connectivity index (χ0) is 14.7. The number of rotatable bonds is 5. The van der Waals surface area contributed by atoms with Gasteiger partial charge in [-0.05, 0) is 31.0 Å². The van der Waals surface area contributed by atoms with Crippen LogP contribution in [0.2, 0.25) is 5.02 Å². The first kappa shape index (κ1) is 14.6. The number of hydrogen-bond acceptors (Lipinski definition) is 3. The van der Waals surface area contributed by atoms with E-state index in [4.69, 9.17) is 21.1 Å². The second-order valence-corrected chi connectivity index (χ2v) is 5.77. The highest BCUT2D eigenvalue weighted by Crippen LogP contribution is 2.28. The molecule has 0 spiro atoms. The average molecular weight is 307 g/mol. The van der Waals surface area contributed by atoms with E-state index in [0.29, 0.717) is 19.8 Å². The van der Waals surface area contributed by atoms with E-state index in [1.165, 1.54) is 5.56 Å². The van der Waals surface area contributed by atoms with Crippen molar-refractivity contribution in [3.8, 4) is 0 Å². The number of aromatic nitrogens is 2. The summed E-state index contributed by atoms with van der Waals surface area (Å²) in [7, 11) is 0. The Hall–Kier alpha value is -1.36. The molecule has 0 saturated carbocycles. The van der Waals surface area contributed by atoms with Crippen molar-refractivity contribution in [1.29, 1.82) is 0 Å². The fraction of sp³-hybridized carbons (Fsp3) is 0.438. The molecular weight excluding hydrogens is 288 g/mol. The Labute approximate surface area is 129 Å². The minimum atomic E-state index is -0.550. The van der Waals surface area contributed by atoms with Gasteiger partial charge in [0.15, 0.2) is 5.79 Å². The van der Waals surface area contributed by atoms with Crippen LogP contribution >= 0.6 is 11.6 Å². The van der Waals surface area contributed by atoms with Crippen LogP contribution in [0.4, 0.5) is 0 Å². The lowest BCUT2D eigenvalue weighted by molar-refractivity contribution is -0.171. The smallest absolute Gasteiger partial charge is 0.186 e. The largest absolute Gasteiger partial charge is 0.346 e. The summed E-state index contributed by atoms with van der Waals surface area (Å²) in [6, 6.07) is 7.93. The van der Waals surface area contributed by atoms with Gasteiger partial charge < -0.3 is 14.0 Å². The molecule has 5 heteroatoms. The third-order valence-electron chi connectivity index (χ3n) is 3.86. The van der Waals surface area contributed by atoms with Gasteiger partial charge in [0.2, 0.25) is 0 Å². The van der Waals surface area contributed by atoms with E-state index >= 15 is 0 Å². The molecule has 3 rings (SSSR count). The van der Waals surface area contributed by atoms with Crippen LogP contribution in [0.25, 0.3) is 0 Å². The number of halogens is 1. The number of ether oxygens (including phenoxy) is 2. The molecule has 1 saturated heterocycles. The SMILES string of the molecule is Cc1nccn1CC1(CCc2ccc(Cl)cc2)OCCO1. The monoisotopic (exact) mass is 306 g/mol. The lowest BCUT2D eigenvalue weighted by Gasteiger charge is -2.28. The van der Waals surface area contributed by atoms with Crippen LogP contribution in [-0.2, 0) is 22.4 Å². The summed E-state index contributed by atoms with van der Waals surface area (Å²) >= 11 is 5.92. The summed E-state index contributed by atoms with van der Waals surface area (Å²) in [6.07, 6.45) is 5.47. The maximum Gasteiger partial charge on any atom is 0.186 e. The van der Waals surface area contributed by atoms with Crippen LogP contribution in [0, 0.1) is 6.92 Å². The zero-order valence-electron chi connectivity index (χ0n) is 12.1. The summed E-state index contributed by atoms with van der Waals surface area (Å²) in [5.41, 5.74) is 1.24. The third kappa shape index (κ3) is 3.46. The predicted octanol–water partition coefficient (Wildman–Crippen LogP) is 3.22. The van der Waals surface area contributed by atoms with Crippen molar-refractivity contribution in [1.82, 2.24) is 9.55 Å². The molecular formula is C16H19ClN2O2. The van der Waals surface area contributed by atoms with Gasteiger partial charge in [-0.25, -0.2) is 4.98 Å². The maximum absolute atomic E-state index is 5.92. The quantitative estimate of drug-likeness (QED) is 0.851. The standard InChI is InChI=1S/C16H19ClN2O2/c1-13-18-8-9-19(13)12-16(20-10-11-21-16)7-6-14-2-4-15(17)5-3-14/h2-5,8-9H,6-7,10-12H2,1H3. The highest BCUT2D eigenvalue weighted by molar-refractivity contribution is 6.30. The Balaban J connectivity index is 1.69. The molecule has 0 N–H and O–H groups in total. The Morgan fingerprint density at radius 3 is 2.57 bits per heavy atom. The zero-order valence-corrected chi connectivity index (χ0v) is 12.8. The molecule has 2 aromatic rings. The molecule has 0 unspecified atom stereocenters. The molecule has 1 fully saturated rings. The summed E-state index contributed by atoms with van der Waals surface area (Å²) in [4.78, 5) is 4.25. The van der Waals surface area contributed by atoms with Crippen LogP contribution < -0.4 is 0 Å². The molecule has 1 aliphatic rings. The highest BCUT2D eigenvalue weighted by Gasteiger charge is 2.36. The molecule has 21 heavy (non-hydrogen) atoms. The lowest BCUT2D eigenvalue weighted by Crippen LogP contribution is -2.36. The van der Waals surface area contributed by atoms with Gasteiger partial charge in [-0.1, -0.05) is 23.7 Å². The van der Waals surface area contributed by atoms with Gasteiger partial charge in [-0.15, -0.1) is 0 Å². The first-order valence-corrected chi connectivity index (χ1v) is 7.55. The van der Waals surface area contributed by atoms with E-state index < -0.39 is 5.79 Å². The van der Waals surface area contributed by atoms with E-state index in [0.717, 1.165) is 23.7 Å². The van der Waals surface area contributed by atoms with Gasteiger partial charge in [0, 0.05) is 23.8 Å². The second-order valence-electron chi connectivity index (χ2n) is 5.34. The van der Waals surface area contributed by atoms with Crippen molar-refractivity contribution >= 4 is 11.6 Å². The van der Waals surface area contributed by atoms with E-state index in [1.807, 2.05) is 37.4 Å². The third-order valence-corrected chi connectivity index (χ3v) is 4.11. The molecule has 0 aliphatic carbocycles. The molecule has 0 atom stereocenters. The predicted molar refractivity (Wildman–Crippen MR) is 81.4 cm³/mol. The molecule has 1 aromatic carbocycles. The molecule has 0 radical (unpaired) electrons. The summed E-state index contributed by atoms with van der Waals surface area (Å²) in [5.74, 6) is 0.422. The molecule has 0 amide bonds. The fourth-order valence-electron chi connectivity index (χ4n) is 2.63. The fourth-order valence-corrected chi connectivity index (χ4v) is 2.75. The number of benzene rings is 1. The summed E-state index contributed by atoms with van der Waals surface area (Å²) in [5, 5.41) is 0.760. The minimum absolute atomic E-state index is 0.550. The van der Waals surface area contributed by atoms with Crippen LogP contribution in [-0.4, -0.2) is 28.6 Å². The van der Waals surface area contributed by atoms with Crippen molar-refractivity contribution in [3.05, 3.63) is 53.1 Å². The van der Waals surface area contributed by atoms with E-state index in [1.54, 1.807) is 6.20 Å². The molecule has 0 bridgehead atoms. The van der Waals surface area contributed by atoms with Crippen molar-refractivity contribution in [3.63, 3.8) is 0 Å². The van der Waals surface area contributed by atoms with Gasteiger partial charge in [0.05, 0.1) is 19.8 Å². The van der Waals surface area contributed by atoms with Gasteiger partial charge in [0.1, 0.15) is 5.82 Å². The first-order chi connectivity index (χ1) is 10.2. The number of aryl methyl sites for hydroxylation is 2. The van der Waals surface area contributed by atoms with E-state index in [-0.39, 0.29) is 0 Å². The van der Waals surface area contributed by atoms with E-state index in [9.17, 15) is 0 Å². The Kier molecular flexibility index (Phi) is 4.29. The lowest BCUT2D eigenvalue weighted by atomic mass is 10.0. The van der Waals surface area contributed by atoms with Crippen LogP contribution in [0.3, 0.4) is 0 Å². The molecule has 1 aliphatic heterocycles. The summed E-state index contributed by atoms with van der Waals surface area (Å²) in [6.45, 7) is 3.96. The van der Waals surface area contributed by atoms with Gasteiger partial charge in [-0.3, -0.25) is 0 Å². The Morgan fingerprint density at radius 2 is 1.95 bits per heavy atom. The molecule has 2 heterocycles. The molecule has 1 aromatic heterocycles. The normalized spacial score (nSPS) is 17.2. The van der Waals surface area contributed by atoms with E-state index in [2.05, 4.69) is 9.55 Å². The summed E-state index contributed by atoms with van der Waals surface area (Å²) < 4.78 is 13.9. The number of nitrogens with zero attached hydrogens (tertiary/aromatic N) is 2. The minimum Gasteiger partial charge on any atom is -0.346 e. The van der Waals surface area contributed by atoms with Crippen molar-refractivity contribution in [2.75, 3.05) is 13.2 Å². The first-order valence-electron chi connectivity index (χ1n) is 7.17. The Bertz CT molecular complexity index is 589. The number of hydrogen-bond donors (Lipinski definition) is 0. The molecule has 4 nitrogen and oxygen atoms in total. The topological polar surface area (TPSA) is 36.3 Å². The van der Waals surface area contributed by atoms with Gasteiger partial charge >= 0.3 is 0 Å². The van der Waals surface area contributed by atoms with Crippen molar-refractivity contribution in [2.45, 2.75) is 32.1 Å². The van der Waals surface area contributed by atoms with Crippen LogP contribution in [0.5, 0.6) is 0 Å². The Morgan fingerprint density at radius 1 is 1.24 bits per heavy atom. The van der Waals surface area contributed by atoms with Crippen molar-refractivity contribution in [2.24, 2.45) is 0 Å². The molecule has 112 valence electrons. The van der Waals surface area contributed by atoms with Crippen LogP contribution in [0.15, 0.2) is 36.7 Å². The number of imidazole rings is 1. The van der Waals surface area contributed by atoms with Gasteiger partial charge in [0.25, 0.3) is 0 Å². The van der Waals surface area contributed by atoms with Crippen molar-refractivity contribution < 1.29 is 9.47 Å². The second kappa shape index (κ2) is 6.18. The maximum atomic E-state index is 5.92.